The van der Waals surface area contributed by atoms with E-state index in [0.29, 0.717) is 5.11 Å². The molecule has 5 heteroatoms. The molecular formula is C11H17N3OS. The number of rotatable bonds is 5. The summed E-state index contributed by atoms with van der Waals surface area (Å²) in [7, 11) is 1.69. The zero-order valence-electron chi connectivity index (χ0n) is 9.62. The van der Waals surface area contributed by atoms with Gasteiger partial charge in [-0.15, -0.1) is 0 Å². The fourth-order valence-corrected chi connectivity index (χ4v) is 1.40. The summed E-state index contributed by atoms with van der Waals surface area (Å²) >= 11 is 5.13. The molecule has 16 heavy (non-hydrogen) atoms. The molecule has 0 bridgehead atoms. The second kappa shape index (κ2) is 7.14. The van der Waals surface area contributed by atoms with E-state index in [1.54, 1.807) is 7.11 Å². The van der Waals surface area contributed by atoms with Crippen LogP contribution in [0.5, 0.6) is 0 Å². The van der Waals surface area contributed by atoms with Gasteiger partial charge in [0.15, 0.2) is 5.11 Å². The van der Waals surface area contributed by atoms with Crippen LogP contribution in [0, 0.1) is 6.92 Å². The number of ether oxygens (including phenoxy) is 1. The molecule has 0 aliphatic heterocycles. The van der Waals surface area contributed by atoms with Crippen LogP contribution in [-0.2, 0) is 4.74 Å². The van der Waals surface area contributed by atoms with Gasteiger partial charge < -0.3 is 15.4 Å². The molecule has 4 nitrogen and oxygen atoms in total. The van der Waals surface area contributed by atoms with Crippen LogP contribution in [0.4, 0.5) is 5.82 Å². The van der Waals surface area contributed by atoms with E-state index in [0.717, 1.165) is 31.1 Å². The summed E-state index contributed by atoms with van der Waals surface area (Å²) in [5, 5.41) is 6.71. The first-order valence-corrected chi connectivity index (χ1v) is 5.60. The fraction of sp³-hybridized carbons (Fsp3) is 0.455. The highest BCUT2D eigenvalue weighted by molar-refractivity contribution is 7.80. The van der Waals surface area contributed by atoms with Gasteiger partial charge in [0.1, 0.15) is 5.82 Å². The number of aromatic nitrogens is 1. The summed E-state index contributed by atoms with van der Waals surface area (Å²) in [6.07, 6.45) is 0.930. The number of pyridine rings is 1. The average molecular weight is 239 g/mol. The van der Waals surface area contributed by atoms with Crippen LogP contribution in [0.1, 0.15) is 12.1 Å². The van der Waals surface area contributed by atoms with Crippen LogP contribution in [0.3, 0.4) is 0 Å². The smallest absolute Gasteiger partial charge is 0.171 e. The lowest BCUT2D eigenvalue weighted by atomic mass is 10.4. The van der Waals surface area contributed by atoms with Gasteiger partial charge in [-0.05, 0) is 37.7 Å². The highest BCUT2D eigenvalue weighted by Crippen LogP contribution is 2.03. The van der Waals surface area contributed by atoms with Crippen molar-refractivity contribution in [3.8, 4) is 0 Å². The minimum absolute atomic E-state index is 0.592. The molecule has 0 radical (unpaired) electrons. The molecule has 0 aliphatic carbocycles. The Morgan fingerprint density at radius 3 is 3.00 bits per heavy atom. The minimum Gasteiger partial charge on any atom is -0.385 e. The molecule has 0 aliphatic rings. The Hall–Kier alpha value is -1.20. The lowest BCUT2D eigenvalue weighted by Crippen LogP contribution is -2.30. The van der Waals surface area contributed by atoms with Gasteiger partial charge in [0, 0.05) is 26.0 Å². The van der Waals surface area contributed by atoms with E-state index in [2.05, 4.69) is 15.6 Å². The third-order valence-corrected chi connectivity index (χ3v) is 2.19. The van der Waals surface area contributed by atoms with Crippen molar-refractivity contribution < 1.29 is 4.74 Å². The Morgan fingerprint density at radius 1 is 1.50 bits per heavy atom. The first-order valence-electron chi connectivity index (χ1n) is 5.20. The third kappa shape index (κ3) is 5.04. The van der Waals surface area contributed by atoms with Crippen molar-refractivity contribution in [3.63, 3.8) is 0 Å². The van der Waals surface area contributed by atoms with E-state index in [1.165, 1.54) is 0 Å². The molecular weight excluding hydrogens is 222 g/mol. The molecule has 0 saturated heterocycles. The topological polar surface area (TPSA) is 46.2 Å². The summed E-state index contributed by atoms with van der Waals surface area (Å²) in [5.41, 5.74) is 0.965. The molecule has 0 unspecified atom stereocenters. The largest absolute Gasteiger partial charge is 0.385 e. The SMILES string of the molecule is COCCCNC(=S)Nc1cccc(C)n1. The van der Waals surface area contributed by atoms with Gasteiger partial charge in [-0.3, -0.25) is 0 Å². The van der Waals surface area contributed by atoms with Crippen molar-refractivity contribution in [3.05, 3.63) is 23.9 Å². The van der Waals surface area contributed by atoms with E-state index >= 15 is 0 Å². The Bertz CT molecular complexity index is 344. The van der Waals surface area contributed by atoms with Gasteiger partial charge in [0.25, 0.3) is 0 Å². The van der Waals surface area contributed by atoms with Crippen LogP contribution in [0.15, 0.2) is 18.2 Å². The Morgan fingerprint density at radius 2 is 2.31 bits per heavy atom. The summed E-state index contributed by atoms with van der Waals surface area (Å²) in [6.45, 7) is 3.48. The molecule has 0 saturated carbocycles. The predicted molar refractivity (Wildman–Crippen MR) is 69.7 cm³/mol. The van der Waals surface area contributed by atoms with E-state index in [-0.39, 0.29) is 0 Å². The molecule has 1 rings (SSSR count). The summed E-state index contributed by atoms with van der Waals surface area (Å²) in [5.74, 6) is 0.768. The summed E-state index contributed by atoms with van der Waals surface area (Å²) < 4.78 is 4.94. The summed E-state index contributed by atoms with van der Waals surface area (Å²) in [6, 6.07) is 5.77. The highest BCUT2D eigenvalue weighted by Gasteiger charge is 1.97. The number of nitrogens with one attached hydrogen (secondary N) is 2. The van der Waals surface area contributed by atoms with Gasteiger partial charge in [0.05, 0.1) is 0 Å². The van der Waals surface area contributed by atoms with Crippen LogP contribution >= 0.6 is 12.2 Å². The van der Waals surface area contributed by atoms with Gasteiger partial charge in [-0.2, -0.15) is 0 Å². The third-order valence-electron chi connectivity index (χ3n) is 1.94. The zero-order chi connectivity index (χ0) is 11.8. The highest BCUT2D eigenvalue weighted by atomic mass is 32.1. The summed E-state index contributed by atoms with van der Waals surface area (Å²) in [4.78, 5) is 4.29. The number of hydrogen-bond acceptors (Lipinski definition) is 3. The lowest BCUT2D eigenvalue weighted by molar-refractivity contribution is 0.196. The molecule has 1 aromatic rings. The van der Waals surface area contributed by atoms with Crippen molar-refractivity contribution in [2.75, 3.05) is 25.6 Å². The molecule has 0 spiro atoms. The standard InChI is InChI=1S/C11H17N3OS/c1-9-5-3-6-10(13-9)14-11(16)12-7-4-8-15-2/h3,5-6H,4,7-8H2,1-2H3,(H2,12,13,14,16). The number of hydrogen-bond donors (Lipinski definition) is 2. The monoisotopic (exact) mass is 239 g/mol. The maximum atomic E-state index is 5.13. The van der Waals surface area contributed by atoms with Crippen LogP contribution in [0.2, 0.25) is 0 Å². The molecule has 0 atom stereocenters. The predicted octanol–water partition coefficient (Wildman–Crippen LogP) is 1.71. The van der Waals surface area contributed by atoms with Crippen molar-refractivity contribution in [1.29, 1.82) is 0 Å². The van der Waals surface area contributed by atoms with Gasteiger partial charge >= 0.3 is 0 Å². The van der Waals surface area contributed by atoms with Crippen molar-refractivity contribution in [2.24, 2.45) is 0 Å². The number of thiocarbonyl (C=S) groups is 1. The molecule has 0 aromatic carbocycles. The normalized spacial score (nSPS) is 9.88. The number of aryl methyl sites for hydroxylation is 1. The lowest BCUT2D eigenvalue weighted by Gasteiger charge is -2.09. The quantitative estimate of drug-likeness (QED) is 0.605. The Balaban J connectivity index is 2.29. The van der Waals surface area contributed by atoms with Crippen LogP contribution in [-0.4, -0.2) is 30.4 Å². The number of anilines is 1. The minimum atomic E-state index is 0.592. The first-order chi connectivity index (χ1) is 7.72. The molecule has 0 fully saturated rings. The van der Waals surface area contributed by atoms with Gasteiger partial charge in [-0.1, -0.05) is 6.07 Å². The van der Waals surface area contributed by atoms with E-state index in [9.17, 15) is 0 Å². The molecule has 1 aromatic heterocycles. The van der Waals surface area contributed by atoms with E-state index in [1.807, 2.05) is 25.1 Å². The molecule has 2 N–H and O–H groups in total. The molecule has 88 valence electrons. The first kappa shape index (κ1) is 12.9. The maximum Gasteiger partial charge on any atom is 0.171 e. The van der Waals surface area contributed by atoms with E-state index in [4.69, 9.17) is 17.0 Å². The average Bonchev–Trinajstić information content (AvgIpc) is 2.24. The number of methoxy groups -OCH3 is 1. The van der Waals surface area contributed by atoms with Gasteiger partial charge in [0.2, 0.25) is 0 Å². The van der Waals surface area contributed by atoms with Crippen LogP contribution in [0.25, 0.3) is 0 Å². The second-order valence-electron chi connectivity index (χ2n) is 3.39. The Kier molecular flexibility index (Phi) is 5.74. The van der Waals surface area contributed by atoms with Crippen molar-refractivity contribution in [1.82, 2.24) is 10.3 Å². The van der Waals surface area contributed by atoms with Crippen molar-refractivity contribution in [2.45, 2.75) is 13.3 Å². The molecule has 0 amide bonds. The maximum absolute atomic E-state index is 5.13. The molecule has 1 heterocycles. The van der Waals surface area contributed by atoms with Crippen LogP contribution < -0.4 is 10.6 Å². The second-order valence-corrected chi connectivity index (χ2v) is 3.80. The van der Waals surface area contributed by atoms with E-state index < -0.39 is 0 Å². The number of nitrogens with zero attached hydrogens (tertiary/aromatic N) is 1. The Labute approximate surface area is 101 Å². The van der Waals surface area contributed by atoms with Gasteiger partial charge in [-0.25, -0.2) is 4.98 Å². The van der Waals surface area contributed by atoms with Crippen molar-refractivity contribution >= 4 is 23.1 Å². The fourth-order valence-electron chi connectivity index (χ4n) is 1.19. The zero-order valence-corrected chi connectivity index (χ0v) is 10.4.